The Morgan fingerprint density at radius 3 is 2.61 bits per heavy atom. The first kappa shape index (κ1) is 12.0. The molecule has 3 rings (SSSR count). The molecule has 2 fully saturated rings. The summed E-state index contributed by atoms with van der Waals surface area (Å²) in [5.74, 6) is 0.802. The largest absolute Gasteiger partial charge is 0.490 e. The van der Waals surface area contributed by atoms with E-state index in [0.29, 0.717) is 18.9 Å². The summed E-state index contributed by atoms with van der Waals surface area (Å²) < 4.78 is 5.72. The van der Waals surface area contributed by atoms with E-state index >= 15 is 0 Å². The van der Waals surface area contributed by atoms with Crippen molar-refractivity contribution in [1.82, 2.24) is 0 Å². The maximum absolute atomic E-state index is 10.4. The SMILES string of the molecule is OC(c1cccc(OC2CC2)c1)C1(O)CCCC1. The Kier molecular flexibility index (Phi) is 3.04. The van der Waals surface area contributed by atoms with Gasteiger partial charge in [-0.3, -0.25) is 0 Å². The predicted octanol–water partition coefficient (Wildman–Crippen LogP) is 2.57. The molecule has 0 heterocycles. The Labute approximate surface area is 107 Å². The van der Waals surface area contributed by atoms with Gasteiger partial charge in [0.25, 0.3) is 0 Å². The standard InChI is InChI=1S/C15H20O3/c16-14(15(17)8-1-2-9-15)11-4-3-5-13(10-11)18-12-6-7-12/h3-5,10,12,14,16-17H,1-2,6-9H2. The molecule has 0 saturated heterocycles. The van der Waals surface area contributed by atoms with Crippen LogP contribution in [0, 0.1) is 0 Å². The fraction of sp³-hybridized carbons (Fsp3) is 0.600. The van der Waals surface area contributed by atoms with Gasteiger partial charge in [0.05, 0.1) is 11.7 Å². The molecule has 0 bridgehead atoms. The molecule has 1 aromatic rings. The van der Waals surface area contributed by atoms with Crippen molar-refractivity contribution < 1.29 is 14.9 Å². The summed E-state index contributed by atoms with van der Waals surface area (Å²) in [7, 11) is 0. The van der Waals surface area contributed by atoms with Crippen molar-refractivity contribution in [3.63, 3.8) is 0 Å². The van der Waals surface area contributed by atoms with E-state index in [-0.39, 0.29) is 0 Å². The lowest BCUT2D eigenvalue weighted by Crippen LogP contribution is -2.32. The van der Waals surface area contributed by atoms with E-state index < -0.39 is 11.7 Å². The lowest BCUT2D eigenvalue weighted by Gasteiger charge is -2.29. The summed E-state index contributed by atoms with van der Waals surface area (Å²) in [4.78, 5) is 0. The second-order valence-electron chi connectivity index (χ2n) is 5.60. The zero-order valence-electron chi connectivity index (χ0n) is 10.5. The maximum atomic E-state index is 10.4. The third-order valence-electron chi connectivity index (χ3n) is 3.98. The predicted molar refractivity (Wildman–Crippen MR) is 68.5 cm³/mol. The van der Waals surface area contributed by atoms with Crippen molar-refractivity contribution in [3.05, 3.63) is 29.8 Å². The third-order valence-corrected chi connectivity index (χ3v) is 3.98. The van der Waals surface area contributed by atoms with Gasteiger partial charge < -0.3 is 14.9 Å². The Balaban J connectivity index is 1.77. The molecule has 0 radical (unpaired) electrons. The van der Waals surface area contributed by atoms with E-state index in [1.165, 1.54) is 0 Å². The first-order valence-electron chi connectivity index (χ1n) is 6.84. The van der Waals surface area contributed by atoms with Gasteiger partial charge in [-0.1, -0.05) is 25.0 Å². The van der Waals surface area contributed by atoms with Crippen molar-refractivity contribution in [3.8, 4) is 5.75 Å². The molecular formula is C15H20O3. The molecule has 1 unspecified atom stereocenters. The molecule has 2 aliphatic carbocycles. The van der Waals surface area contributed by atoms with Crippen LogP contribution in [0.15, 0.2) is 24.3 Å². The van der Waals surface area contributed by atoms with E-state index in [1.54, 1.807) is 0 Å². The van der Waals surface area contributed by atoms with Crippen LogP contribution in [0.2, 0.25) is 0 Å². The van der Waals surface area contributed by atoms with Crippen LogP contribution >= 0.6 is 0 Å². The number of hydrogen-bond donors (Lipinski definition) is 2. The summed E-state index contributed by atoms with van der Waals surface area (Å²) in [6.45, 7) is 0. The molecule has 1 atom stereocenters. The van der Waals surface area contributed by atoms with Gasteiger partial charge in [-0.2, -0.15) is 0 Å². The van der Waals surface area contributed by atoms with Gasteiger partial charge in [0.1, 0.15) is 11.9 Å². The van der Waals surface area contributed by atoms with Gasteiger partial charge in [-0.15, -0.1) is 0 Å². The van der Waals surface area contributed by atoms with Gasteiger partial charge in [0.15, 0.2) is 0 Å². The number of hydrogen-bond acceptors (Lipinski definition) is 3. The highest BCUT2D eigenvalue weighted by atomic mass is 16.5. The Hall–Kier alpha value is -1.06. The second-order valence-corrected chi connectivity index (χ2v) is 5.60. The van der Waals surface area contributed by atoms with Crippen molar-refractivity contribution in [1.29, 1.82) is 0 Å². The Bertz CT molecular complexity index is 420. The summed E-state index contributed by atoms with van der Waals surface area (Å²) in [6.07, 6.45) is 5.14. The minimum Gasteiger partial charge on any atom is -0.490 e. The van der Waals surface area contributed by atoms with Crippen molar-refractivity contribution in [2.75, 3.05) is 0 Å². The van der Waals surface area contributed by atoms with E-state index in [9.17, 15) is 10.2 Å². The molecule has 0 amide bonds. The molecule has 2 aliphatic rings. The number of benzene rings is 1. The van der Waals surface area contributed by atoms with E-state index in [4.69, 9.17) is 4.74 Å². The average Bonchev–Trinajstić information content (AvgIpc) is 3.08. The molecule has 0 spiro atoms. The Morgan fingerprint density at radius 1 is 1.22 bits per heavy atom. The summed E-state index contributed by atoms with van der Waals surface area (Å²) in [5, 5.41) is 20.8. The van der Waals surface area contributed by atoms with Gasteiger partial charge in [0.2, 0.25) is 0 Å². The minimum atomic E-state index is -0.946. The number of aliphatic hydroxyl groups excluding tert-OH is 1. The maximum Gasteiger partial charge on any atom is 0.120 e. The molecule has 2 saturated carbocycles. The van der Waals surface area contributed by atoms with Crippen LogP contribution in [0.3, 0.4) is 0 Å². The fourth-order valence-corrected chi connectivity index (χ4v) is 2.71. The smallest absolute Gasteiger partial charge is 0.120 e. The molecular weight excluding hydrogens is 228 g/mol. The number of ether oxygens (including phenoxy) is 1. The molecule has 2 N–H and O–H groups in total. The first-order valence-corrected chi connectivity index (χ1v) is 6.84. The zero-order chi connectivity index (χ0) is 12.6. The zero-order valence-corrected chi connectivity index (χ0v) is 10.5. The molecule has 1 aromatic carbocycles. The first-order chi connectivity index (χ1) is 8.67. The second kappa shape index (κ2) is 4.56. The van der Waals surface area contributed by atoms with E-state index in [1.807, 2.05) is 24.3 Å². The monoisotopic (exact) mass is 248 g/mol. The molecule has 3 heteroatoms. The van der Waals surface area contributed by atoms with Crippen LogP contribution < -0.4 is 4.74 Å². The van der Waals surface area contributed by atoms with Gasteiger partial charge in [-0.25, -0.2) is 0 Å². The number of rotatable bonds is 4. The highest BCUT2D eigenvalue weighted by Gasteiger charge is 2.39. The lowest BCUT2D eigenvalue weighted by atomic mass is 9.89. The van der Waals surface area contributed by atoms with Crippen LogP contribution in [-0.4, -0.2) is 21.9 Å². The quantitative estimate of drug-likeness (QED) is 0.861. The topological polar surface area (TPSA) is 49.7 Å². The molecule has 98 valence electrons. The van der Waals surface area contributed by atoms with Crippen LogP contribution in [-0.2, 0) is 0 Å². The summed E-state index contributed by atoms with van der Waals surface area (Å²) in [6, 6.07) is 7.52. The summed E-state index contributed by atoms with van der Waals surface area (Å²) in [5.41, 5.74) is -0.185. The van der Waals surface area contributed by atoms with Crippen molar-refractivity contribution >= 4 is 0 Å². The van der Waals surface area contributed by atoms with Crippen molar-refractivity contribution in [2.24, 2.45) is 0 Å². The third kappa shape index (κ3) is 2.38. The normalized spacial score (nSPS) is 23.9. The lowest BCUT2D eigenvalue weighted by molar-refractivity contribution is -0.0719. The molecule has 18 heavy (non-hydrogen) atoms. The molecule has 0 aromatic heterocycles. The number of aliphatic hydroxyl groups is 2. The molecule has 3 nitrogen and oxygen atoms in total. The van der Waals surface area contributed by atoms with E-state index in [2.05, 4.69) is 0 Å². The van der Waals surface area contributed by atoms with Crippen LogP contribution in [0.5, 0.6) is 5.75 Å². The average molecular weight is 248 g/mol. The highest BCUT2D eigenvalue weighted by Crippen LogP contribution is 2.40. The fourth-order valence-electron chi connectivity index (χ4n) is 2.71. The van der Waals surface area contributed by atoms with Crippen LogP contribution in [0.4, 0.5) is 0 Å². The van der Waals surface area contributed by atoms with E-state index in [0.717, 1.165) is 37.0 Å². The van der Waals surface area contributed by atoms with Crippen molar-refractivity contribution in [2.45, 2.75) is 56.3 Å². The highest BCUT2D eigenvalue weighted by molar-refractivity contribution is 5.31. The van der Waals surface area contributed by atoms with Gasteiger partial charge in [-0.05, 0) is 43.4 Å². The van der Waals surface area contributed by atoms with Crippen LogP contribution in [0.25, 0.3) is 0 Å². The van der Waals surface area contributed by atoms with Gasteiger partial charge >= 0.3 is 0 Å². The minimum absolute atomic E-state index is 0.354. The Morgan fingerprint density at radius 2 is 1.94 bits per heavy atom. The molecule has 0 aliphatic heterocycles. The van der Waals surface area contributed by atoms with Gasteiger partial charge in [0, 0.05) is 0 Å². The summed E-state index contributed by atoms with van der Waals surface area (Å²) >= 11 is 0. The van der Waals surface area contributed by atoms with Crippen LogP contribution in [0.1, 0.15) is 50.2 Å².